The molecule has 1 saturated carbocycles. The molecule has 0 heterocycles. The quantitative estimate of drug-likeness (QED) is 0.704. The summed E-state index contributed by atoms with van der Waals surface area (Å²) < 4.78 is 12.3. The third-order valence-corrected chi connectivity index (χ3v) is 3.57. The van der Waals surface area contributed by atoms with Gasteiger partial charge in [-0.2, -0.15) is 0 Å². The van der Waals surface area contributed by atoms with E-state index < -0.39 is 0 Å². The van der Waals surface area contributed by atoms with Crippen molar-refractivity contribution in [1.82, 2.24) is 5.32 Å². The lowest BCUT2D eigenvalue weighted by atomic mass is 10.2. The number of halogens is 1. The zero-order valence-electron chi connectivity index (χ0n) is 11.5. The Labute approximate surface area is 123 Å². The van der Waals surface area contributed by atoms with Crippen molar-refractivity contribution in [3.05, 3.63) is 28.2 Å². The zero-order valence-corrected chi connectivity index (χ0v) is 13.0. The van der Waals surface area contributed by atoms with Crippen LogP contribution in [0.2, 0.25) is 0 Å². The molecule has 106 valence electrons. The van der Waals surface area contributed by atoms with Gasteiger partial charge in [0.1, 0.15) is 5.75 Å². The highest BCUT2D eigenvalue weighted by Gasteiger charge is 2.20. The predicted molar refractivity (Wildman–Crippen MR) is 80.6 cm³/mol. The monoisotopic (exact) mass is 327 g/mol. The summed E-state index contributed by atoms with van der Waals surface area (Å²) in [7, 11) is 0. The predicted octanol–water partition coefficient (Wildman–Crippen LogP) is 3.51. The molecule has 1 aromatic rings. The zero-order chi connectivity index (χ0) is 13.5. The first-order chi connectivity index (χ1) is 9.29. The third-order valence-electron chi connectivity index (χ3n) is 3.08. The van der Waals surface area contributed by atoms with E-state index in [0.29, 0.717) is 12.6 Å². The van der Waals surface area contributed by atoms with Crippen molar-refractivity contribution >= 4 is 15.9 Å². The van der Waals surface area contributed by atoms with Crippen LogP contribution in [0.15, 0.2) is 22.7 Å². The van der Waals surface area contributed by atoms with Crippen molar-refractivity contribution in [2.24, 2.45) is 0 Å². The second-order valence-corrected chi connectivity index (χ2v) is 5.72. The van der Waals surface area contributed by atoms with Gasteiger partial charge in [-0.1, -0.05) is 15.9 Å². The lowest BCUT2D eigenvalue weighted by Gasteiger charge is -2.12. The van der Waals surface area contributed by atoms with Crippen LogP contribution >= 0.6 is 15.9 Å². The molecule has 2 rings (SSSR count). The lowest BCUT2D eigenvalue weighted by molar-refractivity contribution is 0.130. The van der Waals surface area contributed by atoms with Crippen molar-refractivity contribution < 1.29 is 9.47 Å². The van der Waals surface area contributed by atoms with Crippen molar-refractivity contribution in [3.63, 3.8) is 0 Å². The average molecular weight is 328 g/mol. The SMILES string of the molecule is CCOCCCOc1ccc(Br)cc1CNC1CC1. The molecule has 19 heavy (non-hydrogen) atoms. The van der Waals surface area contributed by atoms with Crippen LogP contribution < -0.4 is 10.1 Å². The summed E-state index contributed by atoms with van der Waals surface area (Å²) in [5.41, 5.74) is 1.22. The molecule has 0 amide bonds. The van der Waals surface area contributed by atoms with Gasteiger partial charge in [-0.3, -0.25) is 0 Å². The number of rotatable bonds is 9. The van der Waals surface area contributed by atoms with Crippen LogP contribution in [-0.2, 0) is 11.3 Å². The summed E-state index contributed by atoms with van der Waals surface area (Å²) in [5, 5.41) is 3.53. The number of benzene rings is 1. The molecule has 1 aliphatic carbocycles. The number of hydrogen-bond acceptors (Lipinski definition) is 3. The van der Waals surface area contributed by atoms with Crippen LogP contribution in [0.1, 0.15) is 31.7 Å². The maximum atomic E-state index is 5.85. The first-order valence-electron chi connectivity index (χ1n) is 7.02. The van der Waals surface area contributed by atoms with Gasteiger partial charge in [-0.25, -0.2) is 0 Å². The Hall–Kier alpha value is -0.580. The van der Waals surface area contributed by atoms with E-state index in [1.54, 1.807) is 0 Å². The maximum Gasteiger partial charge on any atom is 0.123 e. The lowest BCUT2D eigenvalue weighted by Crippen LogP contribution is -2.16. The molecule has 0 saturated heterocycles. The average Bonchev–Trinajstić information content (AvgIpc) is 3.22. The van der Waals surface area contributed by atoms with E-state index in [1.807, 2.05) is 19.1 Å². The molecule has 1 N–H and O–H groups in total. The van der Waals surface area contributed by atoms with Gasteiger partial charge in [-0.05, 0) is 38.0 Å². The van der Waals surface area contributed by atoms with E-state index in [4.69, 9.17) is 9.47 Å². The second kappa shape index (κ2) is 7.88. The highest BCUT2D eigenvalue weighted by Crippen LogP contribution is 2.25. The fourth-order valence-corrected chi connectivity index (χ4v) is 2.26. The van der Waals surface area contributed by atoms with E-state index in [9.17, 15) is 0 Å². The first-order valence-corrected chi connectivity index (χ1v) is 7.81. The molecule has 0 spiro atoms. The van der Waals surface area contributed by atoms with Crippen LogP contribution in [0.5, 0.6) is 5.75 Å². The Morgan fingerprint density at radius 2 is 2.16 bits per heavy atom. The van der Waals surface area contributed by atoms with Crippen molar-refractivity contribution in [2.75, 3.05) is 19.8 Å². The van der Waals surface area contributed by atoms with Crippen molar-refractivity contribution in [2.45, 2.75) is 38.8 Å². The van der Waals surface area contributed by atoms with Gasteiger partial charge in [0.2, 0.25) is 0 Å². The van der Waals surface area contributed by atoms with Crippen LogP contribution in [0.25, 0.3) is 0 Å². The van der Waals surface area contributed by atoms with E-state index in [0.717, 1.165) is 36.4 Å². The van der Waals surface area contributed by atoms with Gasteiger partial charge in [0.05, 0.1) is 6.61 Å². The largest absolute Gasteiger partial charge is 0.493 e. The van der Waals surface area contributed by atoms with Crippen LogP contribution in [0.3, 0.4) is 0 Å². The molecule has 0 bridgehead atoms. The highest BCUT2D eigenvalue weighted by molar-refractivity contribution is 9.10. The molecule has 1 aromatic carbocycles. The number of hydrogen-bond donors (Lipinski definition) is 1. The van der Waals surface area contributed by atoms with Crippen LogP contribution in [0.4, 0.5) is 0 Å². The summed E-state index contributed by atoms with van der Waals surface area (Å²) in [4.78, 5) is 0. The fraction of sp³-hybridized carbons (Fsp3) is 0.600. The molecule has 0 atom stereocenters. The Kier molecular flexibility index (Phi) is 6.14. The molecule has 0 aromatic heterocycles. The Balaban J connectivity index is 1.82. The minimum atomic E-state index is 0.706. The van der Waals surface area contributed by atoms with Gasteiger partial charge in [0.15, 0.2) is 0 Å². The van der Waals surface area contributed by atoms with E-state index in [1.165, 1.54) is 18.4 Å². The van der Waals surface area contributed by atoms with Crippen LogP contribution in [-0.4, -0.2) is 25.9 Å². The van der Waals surface area contributed by atoms with E-state index >= 15 is 0 Å². The molecular formula is C15H22BrNO2. The van der Waals surface area contributed by atoms with E-state index in [2.05, 4.69) is 27.3 Å². The van der Waals surface area contributed by atoms with Crippen LogP contribution in [0, 0.1) is 0 Å². The summed E-state index contributed by atoms with van der Waals surface area (Å²) >= 11 is 3.52. The molecule has 1 aliphatic rings. The summed E-state index contributed by atoms with van der Waals surface area (Å²) in [6.45, 7) is 5.14. The van der Waals surface area contributed by atoms with Gasteiger partial charge >= 0.3 is 0 Å². The number of nitrogens with one attached hydrogen (secondary N) is 1. The minimum Gasteiger partial charge on any atom is -0.493 e. The summed E-state index contributed by atoms with van der Waals surface area (Å²) in [6, 6.07) is 6.91. The Morgan fingerprint density at radius 1 is 1.32 bits per heavy atom. The molecule has 0 radical (unpaired) electrons. The summed E-state index contributed by atoms with van der Waals surface area (Å²) in [5.74, 6) is 0.979. The first kappa shape index (κ1) is 14.8. The van der Waals surface area contributed by atoms with Gasteiger partial charge < -0.3 is 14.8 Å². The van der Waals surface area contributed by atoms with Gasteiger partial charge in [0, 0.05) is 42.3 Å². The summed E-state index contributed by atoms with van der Waals surface area (Å²) in [6.07, 6.45) is 3.54. The molecule has 0 aliphatic heterocycles. The van der Waals surface area contributed by atoms with Gasteiger partial charge in [-0.15, -0.1) is 0 Å². The smallest absolute Gasteiger partial charge is 0.123 e. The van der Waals surface area contributed by atoms with Crippen molar-refractivity contribution in [1.29, 1.82) is 0 Å². The highest BCUT2D eigenvalue weighted by atomic mass is 79.9. The van der Waals surface area contributed by atoms with Crippen molar-refractivity contribution in [3.8, 4) is 5.75 Å². The normalized spacial score (nSPS) is 14.6. The standard InChI is InChI=1S/C15H22BrNO2/c1-2-18-8-3-9-19-15-7-4-13(16)10-12(15)11-17-14-5-6-14/h4,7,10,14,17H,2-3,5-6,8-9,11H2,1H3. The molecule has 4 heteroatoms. The topological polar surface area (TPSA) is 30.5 Å². The number of ether oxygens (including phenoxy) is 2. The van der Waals surface area contributed by atoms with E-state index in [-0.39, 0.29) is 0 Å². The second-order valence-electron chi connectivity index (χ2n) is 4.81. The molecule has 3 nitrogen and oxygen atoms in total. The minimum absolute atomic E-state index is 0.706. The third kappa shape index (κ3) is 5.51. The molecule has 1 fully saturated rings. The molecular weight excluding hydrogens is 306 g/mol. The maximum absolute atomic E-state index is 5.85. The fourth-order valence-electron chi connectivity index (χ4n) is 1.86. The Bertz CT molecular complexity index is 394. The van der Waals surface area contributed by atoms with Gasteiger partial charge in [0.25, 0.3) is 0 Å². The molecule has 0 unspecified atom stereocenters. The Morgan fingerprint density at radius 3 is 2.89 bits per heavy atom.